The minimum Gasteiger partial charge on any atom is -0.507 e. The second-order valence-corrected chi connectivity index (χ2v) is 6.22. The Morgan fingerprint density at radius 1 is 1.24 bits per heavy atom. The van der Waals surface area contributed by atoms with Gasteiger partial charge in [-0.2, -0.15) is 0 Å². The molecule has 0 aliphatic rings. The number of carbonyl (C=O) groups excluding carboxylic acids is 1. The summed E-state index contributed by atoms with van der Waals surface area (Å²) in [5, 5.41) is 13.7. The van der Waals surface area contributed by atoms with Crippen molar-refractivity contribution >= 4 is 28.1 Å². The number of carbonyl (C=O) groups is 1. The fourth-order valence-corrected chi connectivity index (χ4v) is 3.01. The predicted octanol–water partition coefficient (Wildman–Crippen LogP) is 3.22. The van der Waals surface area contributed by atoms with Gasteiger partial charge in [0.2, 0.25) is 0 Å². The highest BCUT2D eigenvalue weighted by Crippen LogP contribution is 2.30. The largest absolute Gasteiger partial charge is 0.507 e. The molecular formula is C15H19N3O2S. The van der Waals surface area contributed by atoms with Gasteiger partial charge in [0.25, 0.3) is 5.91 Å². The first-order valence-corrected chi connectivity index (χ1v) is 7.37. The minimum atomic E-state index is -0.0453. The Morgan fingerprint density at radius 2 is 1.81 bits per heavy atom. The number of phenols is 1. The summed E-state index contributed by atoms with van der Waals surface area (Å²) in [4.78, 5) is 18.6. The van der Waals surface area contributed by atoms with Crippen molar-refractivity contribution in [3.05, 3.63) is 33.8 Å². The number of anilines is 2. The molecule has 21 heavy (non-hydrogen) atoms. The summed E-state index contributed by atoms with van der Waals surface area (Å²) in [5.74, 6) is 0.260. The van der Waals surface area contributed by atoms with Gasteiger partial charge in [-0.15, -0.1) is 0 Å². The number of aromatic hydroxyl groups is 1. The van der Waals surface area contributed by atoms with E-state index in [0.717, 1.165) is 16.8 Å². The molecule has 112 valence electrons. The van der Waals surface area contributed by atoms with Gasteiger partial charge in [0.15, 0.2) is 5.13 Å². The molecule has 1 aromatic heterocycles. The predicted molar refractivity (Wildman–Crippen MR) is 85.7 cm³/mol. The summed E-state index contributed by atoms with van der Waals surface area (Å²) in [6, 6.07) is 3.71. The van der Waals surface area contributed by atoms with Gasteiger partial charge in [-0.3, -0.25) is 4.79 Å². The van der Waals surface area contributed by atoms with Crippen molar-refractivity contribution in [3.8, 4) is 5.75 Å². The van der Waals surface area contributed by atoms with E-state index in [0.29, 0.717) is 21.5 Å². The summed E-state index contributed by atoms with van der Waals surface area (Å²) >= 11 is 1.33. The Labute approximate surface area is 128 Å². The number of aryl methyl sites for hydroxylation is 3. The van der Waals surface area contributed by atoms with Crippen LogP contribution in [-0.4, -0.2) is 35.0 Å². The van der Waals surface area contributed by atoms with Gasteiger partial charge in [-0.05, 0) is 44.0 Å². The van der Waals surface area contributed by atoms with Crippen molar-refractivity contribution < 1.29 is 9.90 Å². The molecule has 0 aliphatic carbocycles. The summed E-state index contributed by atoms with van der Waals surface area (Å²) in [5.41, 5.74) is 3.17. The van der Waals surface area contributed by atoms with Gasteiger partial charge >= 0.3 is 0 Å². The van der Waals surface area contributed by atoms with E-state index in [2.05, 4.69) is 10.3 Å². The van der Waals surface area contributed by atoms with Crippen LogP contribution >= 0.6 is 11.3 Å². The lowest BCUT2D eigenvalue weighted by Gasteiger charge is -2.08. The van der Waals surface area contributed by atoms with Crippen LogP contribution in [0.1, 0.15) is 26.5 Å². The summed E-state index contributed by atoms with van der Waals surface area (Å²) in [6.45, 7) is 5.52. The van der Waals surface area contributed by atoms with Gasteiger partial charge in [0.1, 0.15) is 10.6 Å². The van der Waals surface area contributed by atoms with Crippen molar-refractivity contribution in [2.75, 3.05) is 19.4 Å². The molecule has 1 aromatic carbocycles. The number of rotatable bonds is 3. The second-order valence-electron chi connectivity index (χ2n) is 5.22. The number of nitrogens with one attached hydrogen (secondary N) is 1. The molecule has 0 aliphatic heterocycles. The third-order valence-electron chi connectivity index (χ3n) is 3.14. The Hall–Kier alpha value is -2.08. The van der Waals surface area contributed by atoms with Crippen molar-refractivity contribution in [3.63, 3.8) is 0 Å². The van der Waals surface area contributed by atoms with Crippen LogP contribution < -0.4 is 5.32 Å². The van der Waals surface area contributed by atoms with E-state index in [4.69, 9.17) is 0 Å². The van der Waals surface area contributed by atoms with E-state index in [1.807, 2.05) is 32.9 Å². The first-order chi connectivity index (χ1) is 9.79. The molecule has 0 fully saturated rings. The fourth-order valence-electron chi connectivity index (χ4n) is 2.00. The Kier molecular flexibility index (Phi) is 4.18. The molecule has 5 nitrogen and oxygen atoms in total. The summed E-state index contributed by atoms with van der Waals surface area (Å²) in [7, 11) is 3.45. The maximum atomic E-state index is 12.0. The number of aromatic nitrogens is 1. The molecule has 6 heteroatoms. The van der Waals surface area contributed by atoms with Crippen LogP contribution in [0.25, 0.3) is 0 Å². The van der Waals surface area contributed by atoms with Crippen LogP contribution in [0.2, 0.25) is 0 Å². The number of phenolic OH excluding ortho intramolecular Hbond substituents is 1. The fraction of sp³-hybridized carbons (Fsp3) is 0.333. The number of benzene rings is 1. The molecule has 0 atom stereocenters. The Morgan fingerprint density at radius 3 is 2.33 bits per heavy atom. The van der Waals surface area contributed by atoms with Gasteiger partial charge in [-0.25, -0.2) is 4.98 Å². The topological polar surface area (TPSA) is 65.5 Å². The number of nitrogens with zero attached hydrogens (tertiary/aromatic N) is 2. The lowest BCUT2D eigenvalue weighted by Crippen LogP contribution is -2.21. The molecule has 0 radical (unpaired) electrons. The normalized spacial score (nSPS) is 10.5. The van der Waals surface area contributed by atoms with E-state index >= 15 is 0 Å². The van der Waals surface area contributed by atoms with Crippen LogP contribution in [0, 0.1) is 20.8 Å². The van der Waals surface area contributed by atoms with Crippen LogP contribution in [0.4, 0.5) is 10.8 Å². The van der Waals surface area contributed by atoms with Crippen molar-refractivity contribution in [1.29, 1.82) is 0 Å². The number of amides is 1. The molecule has 2 rings (SSSR count). The average Bonchev–Trinajstić information content (AvgIpc) is 2.75. The van der Waals surface area contributed by atoms with Crippen molar-refractivity contribution in [2.24, 2.45) is 0 Å². The molecule has 0 saturated heterocycles. The molecule has 2 aromatic rings. The van der Waals surface area contributed by atoms with E-state index in [-0.39, 0.29) is 5.91 Å². The molecule has 2 N–H and O–H groups in total. The van der Waals surface area contributed by atoms with Crippen LogP contribution in [0.15, 0.2) is 12.1 Å². The highest BCUT2D eigenvalue weighted by Gasteiger charge is 2.17. The van der Waals surface area contributed by atoms with Gasteiger partial charge in [-0.1, -0.05) is 11.3 Å². The highest BCUT2D eigenvalue weighted by molar-refractivity contribution is 7.17. The molecule has 0 spiro atoms. The molecule has 1 amide bonds. The molecular weight excluding hydrogens is 286 g/mol. The first-order valence-electron chi connectivity index (χ1n) is 6.56. The zero-order valence-electron chi connectivity index (χ0n) is 12.8. The molecule has 1 heterocycles. The third kappa shape index (κ3) is 3.16. The highest BCUT2D eigenvalue weighted by atomic mass is 32.1. The van der Waals surface area contributed by atoms with Crippen LogP contribution in [0.3, 0.4) is 0 Å². The molecule has 0 unspecified atom stereocenters. The summed E-state index contributed by atoms with van der Waals surface area (Å²) < 4.78 is 0. The number of thiazole rings is 1. The Bertz CT molecular complexity index is 669. The number of hydrogen-bond donors (Lipinski definition) is 2. The lowest BCUT2D eigenvalue weighted by atomic mass is 10.1. The first kappa shape index (κ1) is 15.3. The second kappa shape index (κ2) is 5.73. The van der Waals surface area contributed by atoms with E-state index < -0.39 is 0 Å². The zero-order valence-corrected chi connectivity index (χ0v) is 13.6. The molecule has 0 saturated carbocycles. The van der Waals surface area contributed by atoms with Crippen LogP contribution in [0.5, 0.6) is 5.75 Å². The van der Waals surface area contributed by atoms with Gasteiger partial charge < -0.3 is 15.3 Å². The quantitative estimate of drug-likeness (QED) is 0.855. The standard InChI is InChI=1S/C15H19N3O2S/c1-8-6-11(7-9(2)12(8)19)17-15-16-10(3)13(21-15)14(20)18(4)5/h6-7,19H,1-5H3,(H,16,17). The zero-order chi connectivity index (χ0) is 15.7. The maximum absolute atomic E-state index is 12.0. The van der Waals surface area contributed by atoms with E-state index in [9.17, 15) is 9.90 Å². The Balaban J connectivity index is 2.29. The third-order valence-corrected chi connectivity index (χ3v) is 4.20. The molecule has 0 bridgehead atoms. The van der Waals surface area contributed by atoms with E-state index in [1.165, 1.54) is 11.3 Å². The lowest BCUT2D eigenvalue weighted by molar-refractivity contribution is 0.0831. The smallest absolute Gasteiger partial charge is 0.265 e. The minimum absolute atomic E-state index is 0.0453. The van der Waals surface area contributed by atoms with Gasteiger partial charge in [0, 0.05) is 19.8 Å². The summed E-state index contributed by atoms with van der Waals surface area (Å²) in [6.07, 6.45) is 0. The average molecular weight is 305 g/mol. The monoisotopic (exact) mass is 305 g/mol. The maximum Gasteiger partial charge on any atom is 0.265 e. The van der Waals surface area contributed by atoms with E-state index in [1.54, 1.807) is 19.0 Å². The number of hydrogen-bond acceptors (Lipinski definition) is 5. The SMILES string of the molecule is Cc1cc(Nc2nc(C)c(C(=O)N(C)C)s2)cc(C)c1O. The van der Waals surface area contributed by atoms with Crippen LogP contribution in [-0.2, 0) is 0 Å². The van der Waals surface area contributed by atoms with Gasteiger partial charge in [0.05, 0.1) is 5.69 Å². The van der Waals surface area contributed by atoms with Crippen molar-refractivity contribution in [1.82, 2.24) is 9.88 Å². The van der Waals surface area contributed by atoms with Crippen molar-refractivity contribution in [2.45, 2.75) is 20.8 Å².